The van der Waals surface area contributed by atoms with Crippen molar-refractivity contribution in [3.63, 3.8) is 0 Å². The molecule has 1 nitrogen and oxygen atoms in total. The fourth-order valence-corrected chi connectivity index (χ4v) is 3.14. The summed E-state index contributed by atoms with van der Waals surface area (Å²) >= 11 is 12.1. The summed E-state index contributed by atoms with van der Waals surface area (Å²) in [5.74, 6) is 0. The largest absolute Gasteiger partial charge is 0.307 e. The zero-order valence-corrected chi connectivity index (χ0v) is 11.7. The molecule has 0 aliphatic heterocycles. The summed E-state index contributed by atoms with van der Waals surface area (Å²) in [6.07, 6.45) is 6.65. The average molecular weight is 272 g/mol. The van der Waals surface area contributed by atoms with Crippen molar-refractivity contribution in [1.29, 1.82) is 0 Å². The summed E-state index contributed by atoms with van der Waals surface area (Å²) in [5, 5.41) is 5.12. The molecule has 0 aromatic heterocycles. The summed E-state index contributed by atoms with van der Waals surface area (Å²) in [7, 11) is 0. The van der Waals surface area contributed by atoms with Crippen LogP contribution in [0.25, 0.3) is 0 Å². The first kappa shape index (κ1) is 13.2. The van der Waals surface area contributed by atoms with Crippen LogP contribution in [0.1, 0.15) is 50.6 Å². The Balaban J connectivity index is 2.00. The zero-order chi connectivity index (χ0) is 12.3. The highest BCUT2D eigenvalue weighted by molar-refractivity contribution is 6.35. The fraction of sp³-hybridized carbons (Fsp3) is 0.571. The van der Waals surface area contributed by atoms with Gasteiger partial charge in [0, 0.05) is 22.1 Å². The minimum absolute atomic E-state index is 0.294. The third-order valence-corrected chi connectivity index (χ3v) is 4.08. The molecule has 1 aromatic carbocycles. The predicted octanol–water partition coefficient (Wildman–Crippen LogP) is 4.98. The van der Waals surface area contributed by atoms with Crippen LogP contribution < -0.4 is 5.32 Å². The second-order valence-electron chi connectivity index (χ2n) is 4.89. The molecule has 0 saturated heterocycles. The van der Waals surface area contributed by atoms with Gasteiger partial charge in [-0.15, -0.1) is 0 Å². The molecule has 1 atom stereocenters. The number of benzene rings is 1. The zero-order valence-electron chi connectivity index (χ0n) is 10.2. The molecule has 94 valence electrons. The summed E-state index contributed by atoms with van der Waals surface area (Å²) in [5.41, 5.74) is 1.14. The van der Waals surface area contributed by atoms with Crippen LogP contribution in [0.4, 0.5) is 0 Å². The van der Waals surface area contributed by atoms with Gasteiger partial charge in [-0.3, -0.25) is 0 Å². The molecule has 1 aliphatic carbocycles. The Kier molecular flexibility index (Phi) is 4.72. The van der Waals surface area contributed by atoms with E-state index in [1.807, 2.05) is 18.2 Å². The van der Waals surface area contributed by atoms with E-state index in [4.69, 9.17) is 23.2 Å². The molecule has 0 heterocycles. The van der Waals surface area contributed by atoms with Crippen molar-refractivity contribution in [3.8, 4) is 0 Å². The second kappa shape index (κ2) is 6.08. The number of nitrogens with one attached hydrogen (secondary N) is 1. The van der Waals surface area contributed by atoms with Gasteiger partial charge in [-0.05, 0) is 37.5 Å². The standard InChI is InChI=1S/C14H19Cl2N/c1-10(17-12-5-3-2-4-6-12)13-8-7-11(15)9-14(13)16/h7-10,12,17H,2-6H2,1H3. The molecule has 0 spiro atoms. The van der Waals surface area contributed by atoms with Crippen molar-refractivity contribution >= 4 is 23.2 Å². The van der Waals surface area contributed by atoms with E-state index in [2.05, 4.69) is 12.2 Å². The van der Waals surface area contributed by atoms with E-state index in [0.717, 1.165) is 10.6 Å². The minimum atomic E-state index is 0.294. The fourth-order valence-electron chi connectivity index (χ4n) is 2.57. The Bertz CT molecular complexity index is 372. The summed E-state index contributed by atoms with van der Waals surface area (Å²) < 4.78 is 0. The minimum Gasteiger partial charge on any atom is -0.307 e. The highest BCUT2D eigenvalue weighted by Gasteiger charge is 2.17. The molecule has 17 heavy (non-hydrogen) atoms. The smallest absolute Gasteiger partial charge is 0.0468 e. The molecule has 1 aliphatic rings. The Morgan fingerprint density at radius 2 is 1.88 bits per heavy atom. The third-order valence-electron chi connectivity index (χ3n) is 3.52. The van der Waals surface area contributed by atoms with Gasteiger partial charge in [0.1, 0.15) is 0 Å². The van der Waals surface area contributed by atoms with E-state index in [1.54, 1.807) is 0 Å². The normalized spacial score (nSPS) is 19.2. The molecular weight excluding hydrogens is 253 g/mol. The maximum Gasteiger partial charge on any atom is 0.0468 e. The molecule has 3 heteroatoms. The SMILES string of the molecule is CC(NC1CCCCC1)c1ccc(Cl)cc1Cl. The van der Waals surface area contributed by atoms with Crippen LogP contribution in [-0.2, 0) is 0 Å². The van der Waals surface area contributed by atoms with Crippen molar-refractivity contribution in [2.45, 2.75) is 51.1 Å². The van der Waals surface area contributed by atoms with Crippen molar-refractivity contribution in [2.24, 2.45) is 0 Å². The van der Waals surface area contributed by atoms with Gasteiger partial charge in [0.25, 0.3) is 0 Å². The van der Waals surface area contributed by atoms with Crippen molar-refractivity contribution in [2.75, 3.05) is 0 Å². The van der Waals surface area contributed by atoms with E-state index in [-0.39, 0.29) is 0 Å². The molecule has 0 amide bonds. The molecular formula is C14H19Cl2N. The Labute approximate surface area is 114 Å². The van der Waals surface area contributed by atoms with E-state index >= 15 is 0 Å². The maximum absolute atomic E-state index is 6.22. The van der Waals surface area contributed by atoms with Crippen LogP contribution in [0.15, 0.2) is 18.2 Å². The van der Waals surface area contributed by atoms with Gasteiger partial charge in [-0.1, -0.05) is 48.5 Å². The van der Waals surface area contributed by atoms with Crippen molar-refractivity contribution < 1.29 is 0 Å². The monoisotopic (exact) mass is 271 g/mol. The molecule has 0 radical (unpaired) electrons. The summed E-state index contributed by atoms with van der Waals surface area (Å²) in [6, 6.07) is 6.68. The number of hydrogen-bond acceptors (Lipinski definition) is 1. The lowest BCUT2D eigenvalue weighted by molar-refractivity contribution is 0.347. The highest BCUT2D eigenvalue weighted by Crippen LogP contribution is 2.28. The van der Waals surface area contributed by atoms with Gasteiger partial charge in [-0.25, -0.2) is 0 Å². The first-order valence-corrected chi connectivity index (χ1v) is 7.13. The maximum atomic E-state index is 6.22. The first-order chi connectivity index (χ1) is 8.16. The van der Waals surface area contributed by atoms with E-state index < -0.39 is 0 Å². The lowest BCUT2D eigenvalue weighted by Crippen LogP contribution is -2.33. The van der Waals surface area contributed by atoms with Crippen LogP contribution >= 0.6 is 23.2 Å². The van der Waals surface area contributed by atoms with E-state index in [0.29, 0.717) is 17.1 Å². The van der Waals surface area contributed by atoms with Crippen molar-refractivity contribution in [1.82, 2.24) is 5.32 Å². The number of rotatable bonds is 3. The van der Waals surface area contributed by atoms with Crippen LogP contribution in [0, 0.1) is 0 Å². The molecule has 1 saturated carbocycles. The molecule has 1 aromatic rings. The first-order valence-electron chi connectivity index (χ1n) is 6.38. The molecule has 1 N–H and O–H groups in total. The van der Waals surface area contributed by atoms with Gasteiger partial charge in [0.05, 0.1) is 0 Å². The number of hydrogen-bond donors (Lipinski definition) is 1. The Morgan fingerprint density at radius 1 is 1.18 bits per heavy atom. The molecule has 0 bridgehead atoms. The molecule has 1 fully saturated rings. The van der Waals surface area contributed by atoms with E-state index in [1.165, 1.54) is 32.1 Å². The Morgan fingerprint density at radius 3 is 2.53 bits per heavy atom. The van der Waals surface area contributed by atoms with Gasteiger partial charge >= 0.3 is 0 Å². The quantitative estimate of drug-likeness (QED) is 0.818. The second-order valence-corrected chi connectivity index (χ2v) is 5.73. The van der Waals surface area contributed by atoms with E-state index in [9.17, 15) is 0 Å². The van der Waals surface area contributed by atoms with Gasteiger partial charge in [0.15, 0.2) is 0 Å². The lowest BCUT2D eigenvalue weighted by Gasteiger charge is -2.27. The summed E-state index contributed by atoms with van der Waals surface area (Å²) in [4.78, 5) is 0. The predicted molar refractivity (Wildman–Crippen MR) is 74.9 cm³/mol. The third kappa shape index (κ3) is 3.61. The van der Waals surface area contributed by atoms with Crippen LogP contribution in [-0.4, -0.2) is 6.04 Å². The summed E-state index contributed by atoms with van der Waals surface area (Å²) in [6.45, 7) is 2.17. The Hall–Kier alpha value is -0.240. The van der Waals surface area contributed by atoms with Gasteiger partial charge < -0.3 is 5.32 Å². The van der Waals surface area contributed by atoms with Crippen LogP contribution in [0.2, 0.25) is 10.0 Å². The van der Waals surface area contributed by atoms with Crippen LogP contribution in [0.3, 0.4) is 0 Å². The number of halogens is 2. The highest BCUT2D eigenvalue weighted by atomic mass is 35.5. The van der Waals surface area contributed by atoms with Gasteiger partial charge in [-0.2, -0.15) is 0 Å². The average Bonchev–Trinajstić information content (AvgIpc) is 2.30. The lowest BCUT2D eigenvalue weighted by atomic mass is 9.94. The van der Waals surface area contributed by atoms with Crippen molar-refractivity contribution in [3.05, 3.63) is 33.8 Å². The van der Waals surface area contributed by atoms with Gasteiger partial charge in [0.2, 0.25) is 0 Å². The topological polar surface area (TPSA) is 12.0 Å². The molecule has 2 rings (SSSR count). The molecule has 1 unspecified atom stereocenters. The van der Waals surface area contributed by atoms with Crippen LogP contribution in [0.5, 0.6) is 0 Å².